The van der Waals surface area contributed by atoms with Crippen LogP contribution < -0.4 is 10.2 Å². The molecule has 1 aromatic carbocycles. The van der Waals surface area contributed by atoms with Crippen LogP contribution in [0.15, 0.2) is 0 Å². The number of anilines is 2. The number of carboxylic acid groups (broad SMARTS) is 1. The van der Waals surface area contributed by atoms with Gasteiger partial charge in [0.25, 0.3) is 11.8 Å². The monoisotopic (exact) mass is 872 g/mol. The van der Waals surface area contributed by atoms with Gasteiger partial charge in [0.2, 0.25) is 0 Å². The van der Waals surface area contributed by atoms with Gasteiger partial charge in [-0.15, -0.1) is 0 Å². The van der Waals surface area contributed by atoms with E-state index >= 15 is 0 Å². The number of aliphatic carboxylic acids is 1. The molecule has 1 aliphatic heterocycles. The Bertz CT molecular complexity index is 1140. The van der Waals surface area contributed by atoms with Crippen LogP contribution in [0.1, 0.15) is 40.2 Å². The fourth-order valence-corrected chi connectivity index (χ4v) is 7.79. The predicted molar refractivity (Wildman–Crippen MR) is 159 cm³/mol. The van der Waals surface area contributed by atoms with E-state index in [9.17, 15) is 29.1 Å². The first-order chi connectivity index (χ1) is 17.6. The summed E-state index contributed by atoms with van der Waals surface area (Å²) in [5.74, 6) is -5.33. The van der Waals surface area contributed by atoms with E-state index in [4.69, 9.17) is 18.9 Å². The summed E-state index contributed by atoms with van der Waals surface area (Å²) >= 11 is 6.00. The van der Waals surface area contributed by atoms with Crippen molar-refractivity contribution in [2.24, 2.45) is 5.92 Å². The molecule has 38 heavy (non-hydrogen) atoms. The number of carbonyl (C=O) groups is 5. The summed E-state index contributed by atoms with van der Waals surface area (Å²) < 4.78 is 23.0. The highest BCUT2D eigenvalue weighted by Crippen LogP contribution is 2.43. The van der Waals surface area contributed by atoms with Gasteiger partial charge < -0.3 is 29.4 Å². The largest absolute Gasteiger partial charge is 0.481 e. The fraction of sp³-hybridized carbons (Fsp3) is 0.522. The van der Waals surface area contributed by atoms with Gasteiger partial charge in [-0.3, -0.25) is 28.9 Å². The smallest absolute Gasteiger partial charge is 0.306 e. The van der Waals surface area contributed by atoms with Crippen LogP contribution in [-0.4, -0.2) is 66.7 Å². The quantitative estimate of drug-likeness (QED) is 0.264. The van der Waals surface area contributed by atoms with Crippen molar-refractivity contribution < 1.29 is 48.0 Å². The number of halogens is 3. The van der Waals surface area contributed by atoms with Crippen molar-refractivity contribution >= 4 is 109 Å². The van der Waals surface area contributed by atoms with E-state index in [1.54, 1.807) is 20.8 Å². The van der Waals surface area contributed by atoms with Crippen molar-refractivity contribution in [1.29, 1.82) is 0 Å². The van der Waals surface area contributed by atoms with E-state index in [0.717, 1.165) is 0 Å². The number of esters is 2. The first-order valence-corrected chi connectivity index (χ1v) is 14.4. The first-order valence-electron chi connectivity index (χ1n) is 11.2. The molecule has 15 heteroatoms. The molecule has 2 amide bonds. The molecule has 12 nitrogen and oxygen atoms in total. The summed E-state index contributed by atoms with van der Waals surface area (Å²) in [7, 11) is 0. The molecule has 0 bridgehead atoms. The van der Waals surface area contributed by atoms with Crippen LogP contribution >= 0.6 is 67.8 Å². The maximum atomic E-state index is 13.5. The van der Waals surface area contributed by atoms with Crippen LogP contribution in [0.2, 0.25) is 0 Å². The number of benzene rings is 1. The normalized spacial score (nSPS) is 16.9. The molecular formula is C23H27I3N2O10. The third kappa shape index (κ3) is 8.59. The van der Waals surface area contributed by atoms with Crippen molar-refractivity contribution in [2.75, 3.05) is 30.0 Å². The van der Waals surface area contributed by atoms with Crippen molar-refractivity contribution in [3.05, 3.63) is 16.3 Å². The standard InChI is InChI=1S/C23H27I3N2O10/c1-10(22(33)34)6-13-17(24)20(27-14(31)7-35-11(2)29)19(26)21(18(13)25)28(15(32)8-36-12(3)30)16-9-37-23(4,5)38-16/h10,16H,6-9H2,1-5H3,(H,27,31)(H,33,34). The molecule has 0 spiro atoms. The molecule has 1 aromatic rings. The van der Waals surface area contributed by atoms with Gasteiger partial charge in [-0.05, 0) is 93.6 Å². The minimum Gasteiger partial charge on any atom is -0.481 e. The minimum atomic E-state index is -1.02. The number of carbonyl (C=O) groups excluding carboxylic acids is 4. The molecule has 0 radical (unpaired) electrons. The molecule has 1 fully saturated rings. The second kappa shape index (κ2) is 13.8. The highest BCUT2D eigenvalue weighted by Gasteiger charge is 2.41. The third-order valence-electron chi connectivity index (χ3n) is 5.18. The molecule has 0 aliphatic carbocycles. The van der Waals surface area contributed by atoms with Gasteiger partial charge in [0.05, 0.1) is 27.5 Å². The summed E-state index contributed by atoms with van der Waals surface area (Å²) in [6.45, 7) is 6.16. The summed E-state index contributed by atoms with van der Waals surface area (Å²) in [5.41, 5.74) is 1.20. The van der Waals surface area contributed by atoms with Gasteiger partial charge in [-0.1, -0.05) is 6.92 Å². The molecule has 210 valence electrons. The zero-order valence-corrected chi connectivity index (χ0v) is 27.7. The summed E-state index contributed by atoms with van der Waals surface area (Å²) in [6, 6.07) is 0. The van der Waals surface area contributed by atoms with E-state index < -0.39 is 60.9 Å². The predicted octanol–water partition coefficient (Wildman–Crippen LogP) is 3.27. The van der Waals surface area contributed by atoms with Gasteiger partial charge in [0.1, 0.15) is 0 Å². The Balaban J connectivity index is 2.74. The Hall–Kier alpha value is -1.32. The number of nitrogens with zero attached hydrogens (tertiary/aromatic N) is 1. The number of amides is 2. The average molecular weight is 872 g/mol. The average Bonchev–Trinajstić information content (AvgIpc) is 3.17. The third-order valence-corrected chi connectivity index (χ3v) is 8.58. The Morgan fingerprint density at radius 1 is 1.05 bits per heavy atom. The molecule has 0 aromatic heterocycles. The van der Waals surface area contributed by atoms with E-state index in [-0.39, 0.29) is 13.0 Å². The molecule has 1 saturated heterocycles. The van der Waals surface area contributed by atoms with Crippen molar-refractivity contribution in [3.63, 3.8) is 0 Å². The van der Waals surface area contributed by atoms with Crippen LogP contribution in [-0.2, 0) is 49.3 Å². The molecule has 2 unspecified atom stereocenters. The van der Waals surface area contributed by atoms with E-state index in [0.29, 0.717) is 27.6 Å². The summed E-state index contributed by atoms with van der Waals surface area (Å²) in [4.78, 5) is 61.7. The number of nitrogens with one attached hydrogen (secondary N) is 1. The maximum Gasteiger partial charge on any atom is 0.306 e. The highest BCUT2D eigenvalue weighted by molar-refractivity contribution is 14.1. The Labute approximate surface area is 260 Å². The fourth-order valence-electron chi connectivity index (χ4n) is 3.39. The summed E-state index contributed by atoms with van der Waals surface area (Å²) in [5, 5.41) is 12.3. The number of hydrogen-bond acceptors (Lipinski definition) is 9. The minimum absolute atomic E-state index is 0.00592. The molecule has 1 heterocycles. The molecule has 2 atom stereocenters. The second-order valence-electron chi connectivity index (χ2n) is 8.74. The first kappa shape index (κ1) is 32.9. The van der Waals surface area contributed by atoms with Crippen molar-refractivity contribution in [3.8, 4) is 0 Å². The maximum absolute atomic E-state index is 13.5. The summed E-state index contributed by atoms with van der Waals surface area (Å²) in [6.07, 6.45) is -0.827. The van der Waals surface area contributed by atoms with E-state index in [1.807, 2.05) is 67.8 Å². The lowest BCUT2D eigenvalue weighted by Gasteiger charge is -2.32. The second-order valence-corrected chi connectivity index (χ2v) is 12.0. The van der Waals surface area contributed by atoms with Crippen LogP contribution in [0.5, 0.6) is 0 Å². The SMILES string of the molecule is CC(=O)OCC(=O)Nc1c(I)c(CC(C)C(=O)O)c(I)c(N(C(=O)COC(C)=O)C2COC(C)(C)O2)c1I. The van der Waals surface area contributed by atoms with Gasteiger partial charge in [0, 0.05) is 21.0 Å². The molecular weight excluding hydrogens is 845 g/mol. The van der Waals surface area contributed by atoms with Crippen LogP contribution in [0, 0.1) is 16.6 Å². The topological polar surface area (TPSA) is 158 Å². The van der Waals surface area contributed by atoms with E-state index in [1.165, 1.54) is 18.7 Å². The van der Waals surface area contributed by atoms with Gasteiger partial charge >= 0.3 is 17.9 Å². The Morgan fingerprint density at radius 3 is 2.13 bits per heavy atom. The number of hydrogen-bond donors (Lipinski definition) is 2. The lowest BCUT2D eigenvalue weighted by molar-refractivity contribution is -0.149. The van der Waals surface area contributed by atoms with Crippen LogP contribution in [0.4, 0.5) is 11.4 Å². The van der Waals surface area contributed by atoms with Crippen molar-refractivity contribution in [1.82, 2.24) is 0 Å². The van der Waals surface area contributed by atoms with Gasteiger partial charge in [-0.25, -0.2) is 0 Å². The highest BCUT2D eigenvalue weighted by atomic mass is 127. The van der Waals surface area contributed by atoms with E-state index in [2.05, 4.69) is 5.32 Å². The molecule has 0 saturated carbocycles. The Morgan fingerprint density at radius 2 is 1.63 bits per heavy atom. The van der Waals surface area contributed by atoms with Crippen LogP contribution in [0.25, 0.3) is 0 Å². The van der Waals surface area contributed by atoms with Crippen molar-refractivity contribution in [2.45, 2.75) is 53.1 Å². The molecule has 2 rings (SSSR count). The molecule has 1 aliphatic rings. The zero-order valence-electron chi connectivity index (χ0n) is 21.2. The van der Waals surface area contributed by atoms with Gasteiger partial charge in [0.15, 0.2) is 25.2 Å². The lowest BCUT2D eigenvalue weighted by Crippen LogP contribution is -2.46. The molecule has 2 N–H and O–H groups in total. The van der Waals surface area contributed by atoms with Crippen LogP contribution in [0.3, 0.4) is 0 Å². The van der Waals surface area contributed by atoms with Gasteiger partial charge in [-0.2, -0.15) is 0 Å². The number of carboxylic acids is 1. The zero-order chi connectivity index (χ0) is 28.9. The number of ether oxygens (including phenoxy) is 4. The lowest BCUT2D eigenvalue weighted by atomic mass is 9.99. The number of rotatable bonds is 10. The Kier molecular flexibility index (Phi) is 12.0.